The smallest absolute Gasteiger partial charge is 0.416 e. The summed E-state index contributed by atoms with van der Waals surface area (Å²) in [5.41, 5.74) is -0.950. The van der Waals surface area contributed by atoms with Gasteiger partial charge >= 0.3 is 12.1 Å². The summed E-state index contributed by atoms with van der Waals surface area (Å²) in [6.45, 7) is 0. The third-order valence-corrected chi connectivity index (χ3v) is 3.94. The van der Waals surface area contributed by atoms with Crippen LogP contribution in [0.3, 0.4) is 0 Å². The number of nitrogens with one attached hydrogen (secondary N) is 1. The fourth-order valence-electron chi connectivity index (χ4n) is 1.93. The van der Waals surface area contributed by atoms with Crippen LogP contribution in [-0.4, -0.2) is 23.0 Å². The van der Waals surface area contributed by atoms with Gasteiger partial charge in [-0.2, -0.15) is 13.2 Å². The number of hydrogen-bond acceptors (Lipinski definition) is 5. The Hall–Kier alpha value is -2.29. The van der Waals surface area contributed by atoms with Crippen molar-refractivity contribution in [1.82, 2.24) is 9.97 Å². The summed E-state index contributed by atoms with van der Waals surface area (Å²) in [5, 5.41) is 0.137. The average Bonchev–Trinajstić information content (AvgIpc) is 2.51. The van der Waals surface area contributed by atoms with Crippen molar-refractivity contribution in [1.29, 1.82) is 0 Å². The van der Waals surface area contributed by atoms with Crippen LogP contribution in [0.1, 0.15) is 16.8 Å². The van der Waals surface area contributed by atoms with Crippen LogP contribution in [0.4, 0.5) is 13.2 Å². The number of hydrogen-bond donors (Lipinski definition) is 1. The van der Waals surface area contributed by atoms with Gasteiger partial charge in [0.2, 0.25) is 0 Å². The molecule has 9 heteroatoms. The number of nitrogens with zero attached hydrogens (tertiary/aromatic N) is 1. The van der Waals surface area contributed by atoms with Crippen LogP contribution in [0.2, 0.25) is 0 Å². The zero-order valence-corrected chi connectivity index (χ0v) is 13.3. The van der Waals surface area contributed by atoms with E-state index in [0.717, 1.165) is 23.9 Å². The summed E-state index contributed by atoms with van der Waals surface area (Å²) in [7, 11) is 1.21. The first-order chi connectivity index (χ1) is 11.3. The Kier molecular flexibility index (Phi) is 5.66. The van der Waals surface area contributed by atoms with E-state index in [1.54, 1.807) is 0 Å². The Morgan fingerprint density at radius 2 is 2.04 bits per heavy atom. The molecule has 1 aromatic heterocycles. The molecule has 0 unspecified atom stereocenters. The van der Waals surface area contributed by atoms with E-state index in [4.69, 9.17) is 0 Å². The molecule has 0 bridgehead atoms. The molecule has 0 saturated carbocycles. The molecule has 0 atom stereocenters. The van der Waals surface area contributed by atoms with Crippen LogP contribution in [0.5, 0.6) is 0 Å². The molecule has 24 heavy (non-hydrogen) atoms. The summed E-state index contributed by atoms with van der Waals surface area (Å²) in [6, 6.07) is 6.33. The first-order valence-electron chi connectivity index (χ1n) is 6.74. The van der Waals surface area contributed by atoms with E-state index in [1.807, 2.05) is 0 Å². The van der Waals surface area contributed by atoms with Gasteiger partial charge in [0.25, 0.3) is 5.56 Å². The van der Waals surface area contributed by atoms with Gasteiger partial charge in [0, 0.05) is 11.8 Å². The molecule has 0 saturated heterocycles. The third-order valence-electron chi connectivity index (χ3n) is 3.01. The number of rotatable bonds is 5. The lowest BCUT2D eigenvalue weighted by atomic mass is 10.1. The van der Waals surface area contributed by atoms with Gasteiger partial charge in [0.1, 0.15) is 0 Å². The minimum absolute atomic E-state index is 0.0275. The second-order valence-corrected chi connectivity index (χ2v) is 5.70. The van der Waals surface area contributed by atoms with Crippen LogP contribution >= 0.6 is 11.8 Å². The van der Waals surface area contributed by atoms with Crippen LogP contribution in [-0.2, 0) is 27.9 Å². The van der Waals surface area contributed by atoms with Crippen LogP contribution in [0, 0.1) is 0 Å². The maximum atomic E-state index is 13.0. The van der Waals surface area contributed by atoms with E-state index >= 15 is 0 Å². The minimum atomic E-state index is -4.45. The van der Waals surface area contributed by atoms with Gasteiger partial charge in [-0.1, -0.05) is 30.0 Å². The van der Waals surface area contributed by atoms with Crippen molar-refractivity contribution in [3.8, 4) is 0 Å². The molecule has 0 radical (unpaired) electrons. The Bertz CT molecular complexity index is 790. The number of aromatic nitrogens is 2. The molecule has 0 fully saturated rings. The third kappa shape index (κ3) is 4.85. The average molecular weight is 358 g/mol. The predicted octanol–water partition coefficient (Wildman–Crippen LogP) is 2.80. The molecule has 1 aromatic carbocycles. The molecule has 1 heterocycles. The lowest BCUT2D eigenvalue weighted by Gasteiger charge is -2.12. The van der Waals surface area contributed by atoms with Crippen LogP contribution in [0.25, 0.3) is 0 Å². The summed E-state index contributed by atoms with van der Waals surface area (Å²) in [6.07, 6.45) is -4.64. The minimum Gasteiger partial charge on any atom is -0.469 e. The highest BCUT2D eigenvalue weighted by Gasteiger charge is 2.32. The molecule has 5 nitrogen and oxygen atoms in total. The number of H-pyrrole nitrogens is 1. The molecule has 0 aliphatic carbocycles. The molecule has 0 aliphatic heterocycles. The Balaban J connectivity index is 2.18. The zero-order chi connectivity index (χ0) is 17.7. The van der Waals surface area contributed by atoms with Crippen LogP contribution in [0.15, 0.2) is 40.3 Å². The van der Waals surface area contributed by atoms with Gasteiger partial charge in [-0.3, -0.25) is 9.59 Å². The maximum absolute atomic E-state index is 13.0. The number of thioether (sulfide) groups is 1. The molecule has 1 N–H and O–H groups in total. The number of methoxy groups -OCH3 is 1. The summed E-state index contributed by atoms with van der Waals surface area (Å²) in [4.78, 5) is 29.3. The van der Waals surface area contributed by atoms with Crippen LogP contribution < -0.4 is 5.56 Å². The van der Waals surface area contributed by atoms with E-state index in [0.29, 0.717) is 0 Å². The number of ether oxygens (including phenoxy) is 1. The first-order valence-corrected chi connectivity index (χ1v) is 7.73. The number of carbonyl (C=O) groups is 1. The highest BCUT2D eigenvalue weighted by molar-refractivity contribution is 7.98. The highest BCUT2D eigenvalue weighted by Crippen LogP contribution is 2.34. The van der Waals surface area contributed by atoms with Gasteiger partial charge in [0.15, 0.2) is 5.16 Å². The summed E-state index contributed by atoms with van der Waals surface area (Å²) < 4.78 is 43.3. The Labute approximate surface area is 139 Å². The number of aromatic amines is 1. The lowest BCUT2D eigenvalue weighted by Crippen LogP contribution is -2.14. The summed E-state index contributed by atoms with van der Waals surface area (Å²) in [5.74, 6) is -0.591. The van der Waals surface area contributed by atoms with E-state index in [2.05, 4.69) is 14.7 Å². The Morgan fingerprint density at radius 3 is 2.71 bits per heavy atom. The van der Waals surface area contributed by atoms with Crippen molar-refractivity contribution < 1.29 is 22.7 Å². The number of alkyl halides is 3. The van der Waals surface area contributed by atoms with E-state index < -0.39 is 23.3 Å². The largest absolute Gasteiger partial charge is 0.469 e. The van der Waals surface area contributed by atoms with Gasteiger partial charge < -0.3 is 9.72 Å². The van der Waals surface area contributed by atoms with Crippen molar-refractivity contribution in [3.63, 3.8) is 0 Å². The topological polar surface area (TPSA) is 72.1 Å². The van der Waals surface area contributed by atoms with Gasteiger partial charge in [-0.15, -0.1) is 0 Å². The zero-order valence-electron chi connectivity index (χ0n) is 12.5. The molecule has 0 aliphatic rings. The van der Waals surface area contributed by atoms with Gasteiger partial charge in [-0.05, 0) is 11.6 Å². The normalized spacial score (nSPS) is 11.3. The van der Waals surface area contributed by atoms with Crippen molar-refractivity contribution in [3.05, 3.63) is 57.5 Å². The molecule has 128 valence electrons. The first kappa shape index (κ1) is 18.1. The Morgan fingerprint density at radius 1 is 1.33 bits per heavy atom. The second kappa shape index (κ2) is 7.52. The molecule has 2 aromatic rings. The standard InChI is InChI=1S/C15H13F3N2O3S/c1-23-13(22)7-10-6-12(21)20-14(19-10)24-8-9-4-2-3-5-11(9)15(16,17)18/h2-6H,7-8H2,1H3,(H,19,20,21). The fraction of sp³-hybridized carbons (Fsp3) is 0.267. The fourth-order valence-corrected chi connectivity index (χ4v) is 2.83. The monoisotopic (exact) mass is 358 g/mol. The lowest BCUT2D eigenvalue weighted by molar-refractivity contribution is -0.140. The number of esters is 1. The van der Waals surface area contributed by atoms with Crippen molar-refractivity contribution in [2.75, 3.05) is 7.11 Å². The summed E-state index contributed by atoms with van der Waals surface area (Å²) >= 11 is 0.948. The quantitative estimate of drug-likeness (QED) is 0.506. The molecular formula is C15H13F3N2O3S. The van der Waals surface area contributed by atoms with E-state index in [1.165, 1.54) is 25.3 Å². The molecule has 0 spiro atoms. The second-order valence-electron chi connectivity index (χ2n) is 4.74. The predicted molar refractivity (Wildman–Crippen MR) is 81.6 cm³/mol. The number of halogens is 3. The van der Waals surface area contributed by atoms with Crippen molar-refractivity contribution in [2.24, 2.45) is 0 Å². The molecule has 2 rings (SSSR count). The van der Waals surface area contributed by atoms with E-state index in [9.17, 15) is 22.8 Å². The number of benzene rings is 1. The van der Waals surface area contributed by atoms with Gasteiger partial charge in [-0.25, -0.2) is 4.98 Å². The van der Waals surface area contributed by atoms with Gasteiger partial charge in [0.05, 0.1) is 24.8 Å². The molecular weight excluding hydrogens is 345 g/mol. The van der Waals surface area contributed by atoms with Crippen molar-refractivity contribution >= 4 is 17.7 Å². The maximum Gasteiger partial charge on any atom is 0.416 e. The van der Waals surface area contributed by atoms with Crippen molar-refractivity contribution in [2.45, 2.75) is 23.5 Å². The number of carbonyl (C=O) groups excluding carboxylic acids is 1. The highest BCUT2D eigenvalue weighted by atomic mass is 32.2. The SMILES string of the molecule is COC(=O)Cc1cc(=O)[nH]c(SCc2ccccc2C(F)(F)F)n1. The van der Waals surface area contributed by atoms with E-state index in [-0.39, 0.29) is 28.6 Å². The molecule has 0 amide bonds.